The third-order valence-corrected chi connectivity index (χ3v) is 2.10. The summed E-state index contributed by atoms with van der Waals surface area (Å²) in [5, 5.41) is 0. The topological polar surface area (TPSA) is 46.6 Å². The molecule has 0 aromatic rings. The van der Waals surface area contributed by atoms with Crippen molar-refractivity contribution < 1.29 is 14.3 Å². The minimum Gasteiger partial charge on any atom is -0.467 e. The number of likely N-dealkylation sites (N-methyl/N-ethyl adjacent to an activating group) is 1. The summed E-state index contributed by atoms with van der Waals surface area (Å²) in [6.45, 7) is 5.59. The fourth-order valence-corrected chi connectivity index (χ4v) is 1.04. The van der Waals surface area contributed by atoms with Gasteiger partial charge in [-0.15, -0.1) is 0 Å². The van der Waals surface area contributed by atoms with Gasteiger partial charge in [0, 0.05) is 13.5 Å². The first kappa shape index (κ1) is 12.9. The van der Waals surface area contributed by atoms with Crippen molar-refractivity contribution in [3.8, 4) is 0 Å². The molecule has 0 aliphatic carbocycles. The predicted molar refractivity (Wildman–Crippen MR) is 53.7 cm³/mol. The summed E-state index contributed by atoms with van der Waals surface area (Å²) in [7, 11) is 2.94. The van der Waals surface area contributed by atoms with Crippen LogP contribution in [0, 0.1) is 5.92 Å². The lowest BCUT2D eigenvalue weighted by molar-refractivity contribution is -0.151. The Morgan fingerprint density at radius 2 is 1.79 bits per heavy atom. The molecule has 0 aliphatic heterocycles. The van der Waals surface area contributed by atoms with Gasteiger partial charge in [0.25, 0.3) is 0 Å². The van der Waals surface area contributed by atoms with Gasteiger partial charge in [-0.2, -0.15) is 0 Å². The molecular formula is C10H19NO3. The van der Waals surface area contributed by atoms with Crippen LogP contribution in [0.4, 0.5) is 0 Å². The molecule has 0 rings (SSSR count). The van der Waals surface area contributed by atoms with Crippen LogP contribution in [0.5, 0.6) is 0 Å². The van der Waals surface area contributed by atoms with Gasteiger partial charge in [0.05, 0.1) is 7.11 Å². The zero-order chi connectivity index (χ0) is 11.3. The van der Waals surface area contributed by atoms with Crippen LogP contribution in [0.25, 0.3) is 0 Å². The number of carbonyl (C=O) groups is 2. The van der Waals surface area contributed by atoms with Gasteiger partial charge in [0.2, 0.25) is 5.91 Å². The van der Waals surface area contributed by atoms with E-state index in [0.29, 0.717) is 12.3 Å². The van der Waals surface area contributed by atoms with E-state index in [2.05, 4.69) is 4.74 Å². The Balaban J connectivity index is 4.24. The number of hydrogen-bond donors (Lipinski definition) is 0. The molecule has 0 saturated carbocycles. The maximum Gasteiger partial charge on any atom is 0.328 e. The minimum atomic E-state index is -0.508. The van der Waals surface area contributed by atoms with Gasteiger partial charge in [-0.25, -0.2) is 4.79 Å². The molecule has 0 saturated heterocycles. The molecule has 0 aromatic heterocycles. The first-order valence-electron chi connectivity index (χ1n) is 4.73. The number of esters is 1. The second-order valence-corrected chi connectivity index (χ2v) is 3.80. The smallest absolute Gasteiger partial charge is 0.328 e. The zero-order valence-corrected chi connectivity index (χ0v) is 9.53. The third kappa shape index (κ3) is 3.77. The Labute approximate surface area is 85.2 Å². The molecular weight excluding hydrogens is 182 g/mol. The van der Waals surface area contributed by atoms with Crippen LogP contribution in [0.15, 0.2) is 0 Å². The number of amides is 1. The molecule has 0 unspecified atom stereocenters. The van der Waals surface area contributed by atoms with Gasteiger partial charge < -0.3 is 9.64 Å². The van der Waals surface area contributed by atoms with Gasteiger partial charge in [-0.05, 0) is 12.8 Å². The lowest BCUT2D eigenvalue weighted by Gasteiger charge is -2.23. The van der Waals surface area contributed by atoms with Gasteiger partial charge in [-0.3, -0.25) is 4.79 Å². The summed E-state index contributed by atoms with van der Waals surface area (Å²) in [5.41, 5.74) is 0. The van der Waals surface area contributed by atoms with E-state index in [1.54, 1.807) is 14.0 Å². The van der Waals surface area contributed by atoms with Crippen LogP contribution in [0.3, 0.4) is 0 Å². The molecule has 0 heterocycles. The molecule has 4 heteroatoms. The number of nitrogens with zero attached hydrogens (tertiary/aromatic N) is 1. The Morgan fingerprint density at radius 3 is 2.14 bits per heavy atom. The second-order valence-electron chi connectivity index (χ2n) is 3.80. The van der Waals surface area contributed by atoms with Crippen LogP contribution < -0.4 is 0 Å². The number of ether oxygens (including phenoxy) is 1. The first-order valence-corrected chi connectivity index (χ1v) is 4.73. The highest BCUT2D eigenvalue weighted by atomic mass is 16.5. The molecule has 14 heavy (non-hydrogen) atoms. The molecule has 0 bridgehead atoms. The maximum absolute atomic E-state index is 11.5. The number of hydrogen-bond acceptors (Lipinski definition) is 3. The number of carbonyl (C=O) groups excluding carboxylic acids is 2. The predicted octanol–water partition coefficient (Wildman–Crippen LogP) is 1.05. The van der Waals surface area contributed by atoms with Gasteiger partial charge in [0.15, 0.2) is 0 Å². The number of methoxy groups -OCH3 is 1. The van der Waals surface area contributed by atoms with Crippen molar-refractivity contribution in [2.24, 2.45) is 5.92 Å². The minimum absolute atomic E-state index is 0.0297. The van der Waals surface area contributed by atoms with Gasteiger partial charge in [-0.1, -0.05) is 13.8 Å². The van der Waals surface area contributed by atoms with Crippen LogP contribution in [0.2, 0.25) is 0 Å². The molecule has 1 amide bonds. The van der Waals surface area contributed by atoms with Crippen LogP contribution in [-0.4, -0.2) is 37.0 Å². The van der Waals surface area contributed by atoms with E-state index in [0.717, 1.165) is 0 Å². The Bertz CT molecular complexity index is 213. The summed E-state index contributed by atoms with van der Waals surface area (Å²) >= 11 is 0. The molecule has 0 spiro atoms. The summed E-state index contributed by atoms with van der Waals surface area (Å²) < 4.78 is 4.56. The van der Waals surface area contributed by atoms with Gasteiger partial charge >= 0.3 is 5.97 Å². The molecule has 0 fully saturated rings. The second kappa shape index (κ2) is 5.62. The van der Waals surface area contributed by atoms with E-state index in [4.69, 9.17) is 0 Å². The quantitative estimate of drug-likeness (QED) is 0.639. The van der Waals surface area contributed by atoms with Crippen molar-refractivity contribution in [2.45, 2.75) is 33.2 Å². The largest absolute Gasteiger partial charge is 0.467 e. The van der Waals surface area contributed by atoms with Crippen molar-refractivity contribution in [2.75, 3.05) is 14.2 Å². The lowest BCUT2D eigenvalue weighted by atomic mass is 10.1. The average molecular weight is 201 g/mol. The third-order valence-electron chi connectivity index (χ3n) is 2.10. The molecule has 4 nitrogen and oxygen atoms in total. The average Bonchev–Trinajstić information content (AvgIpc) is 2.13. The molecule has 82 valence electrons. The Hall–Kier alpha value is -1.06. The van der Waals surface area contributed by atoms with Crippen molar-refractivity contribution >= 4 is 11.9 Å². The summed E-state index contributed by atoms with van der Waals surface area (Å²) in [4.78, 5) is 24.1. The molecule has 1 atom stereocenters. The number of rotatable bonds is 4. The summed E-state index contributed by atoms with van der Waals surface area (Å²) in [5.74, 6) is -0.114. The van der Waals surface area contributed by atoms with Crippen molar-refractivity contribution in [1.82, 2.24) is 4.90 Å². The Kier molecular flexibility index (Phi) is 5.20. The molecule has 0 radical (unpaired) electrons. The standard InChI is InChI=1S/C10H19NO3/c1-7(2)6-9(12)11(4)8(3)10(13)14-5/h7-8H,6H2,1-5H3/t8-/m1/s1. The van der Waals surface area contributed by atoms with E-state index < -0.39 is 6.04 Å². The fourth-order valence-electron chi connectivity index (χ4n) is 1.04. The van der Waals surface area contributed by atoms with Crippen molar-refractivity contribution in [3.63, 3.8) is 0 Å². The highest BCUT2D eigenvalue weighted by Crippen LogP contribution is 2.06. The van der Waals surface area contributed by atoms with Crippen LogP contribution in [0.1, 0.15) is 27.2 Å². The van der Waals surface area contributed by atoms with E-state index in [1.807, 2.05) is 13.8 Å². The molecule has 0 aliphatic rings. The summed E-state index contributed by atoms with van der Waals surface area (Å²) in [6, 6.07) is -0.508. The van der Waals surface area contributed by atoms with Crippen molar-refractivity contribution in [3.05, 3.63) is 0 Å². The first-order chi connectivity index (χ1) is 6.40. The normalized spacial score (nSPS) is 12.4. The maximum atomic E-state index is 11.5. The molecule has 0 N–H and O–H groups in total. The van der Waals surface area contributed by atoms with Gasteiger partial charge in [0.1, 0.15) is 6.04 Å². The fraction of sp³-hybridized carbons (Fsp3) is 0.800. The van der Waals surface area contributed by atoms with E-state index in [1.165, 1.54) is 12.0 Å². The molecule has 0 aromatic carbocycles. The van der Waals surface area contributed by atoms with E-state index in [9.17, 15) is 9.59 Å². The van der Waals surface area contributed by atoms with Crippen LogP contribution >= 0.6 is 0 Å². The summed E-state index contributed by atoms with van der Waals surface area (Å²) in [6.07, 6.45) is 0.456. The van der Waals surface area contributed by atoms with E-state index >= 15 is 0 Å². The zero-order valence-electron chi connectivity index (χ0n) is 9.53. The van der Waals surface area contributed by atoms with Crippen LogP contribution in [-0.2, 0) is 14.3 Å². The monoisotopic (exact) mass is 201 g/mol. The highest BCUT2D eigenvalue weighted by Gasteiger charge is 2.22. The Morgan fingerprint density at radius 1 is 1.29 bits per heavy atom. The highest BCUT2D eigenvalue weighted by molar-refractivity contribution is 5.84. The van der Waals surface area contributed by atoms with E-state index in [-0.39, 0.29) is 11.9 Å². The lowest BCUT2D eigenvalue weighted by Crippen LogP contribution is -2.41. The van der Waals surface area contributed by atoms with Crippen molar-refractivity contribution in [1.29, 1.82) is 0 Å². The SMILES string of the molecule is COC(=O)[C@@H](C)N(C)C(=O)CC(C)C.